The van der Waals surface area contributed by atoms with E-state index in [0.717, 1.165) is 29.7 Å². The molecule has 3 amide bonds. The van der Waals surface area contributed by atoms with Crippen molar-refractivity contribution in [2.75, 3.05) is 26.7 Å². The van der Waals surface area contributed by atoms with Gasteiger partial charge in [-0.15, -0.1) is 0 Å². The Morgan fingerprint density at radius 1 is 1.06 bits per heavy atom. The molecule has 1 fully saturated rings. The average Bonchev–Trinajstić information content (AvgIpc) is 2.84. The summed E-state index contributed by atoms with van der Waals surface area (Å²) in [5.74, 6) is 0.174. The summed E-state index contributed by atoms with van der Waals surface area (Å²) in [4.78, 5) is 27.6. The van der Waals surface area contributed by atoms with Crippen LogP contribution in [0.1, 0.15) is 49.8 Å². The molecule has 7 heteroatoms. The van der Waals surface area contributed by atoms with Gasteiger partial charge >= 0.3 is 6.03 Å². The smallest absolute Gasteiger partial charge is 0.317 e. The molecule has 1 saturated heterocycles. The summed E-state index contributed by atoms with van der Waals surface area (Å²) in [7, 11) is 1.64. The molecular weight excluding hydrogens is 421 g/mol. The molecule has 2 atom stereocenters. The molecule has 0 aromatic heterocycles. The highest BCUT2D eigenvalue weighted by Gasteiger charge is 2.35. The van der Waals surface area contributed by atoms with E-state index < -0.39 is 0 Å². The third-order valence-electron chi connectivity index (χ3n) is 6.16. The van der Waals surface area contributed by atoms with E-state index in [1.165, 1.54) is 12.1 Å². The number of hydrogen-bond acceptors (Lipinski definition) is 3. The van der Waals surface area contributed by atoms with E-state index in [9.17, 15) is 14.0 Å². The molecule has 0 spiro atoms. The van der Waals surface area contributed by atoms with Gasteiger partial charge in [0.25, 0.3) is 0 Å². The van der Waals surface area contributed by atoms with E-state index in [1.807, 2.05) is 24.3 Å². The minimum atomic E-state index is -0.305. The van der Waals surface area contributed by atoms with Gasteiger partial charge in [0.05, 0.1) is 19.1 Å². The molecule has 0 radical (unpaired) electrons. The highest BCUT2D eigenvalue weighted by Crippen LogP contribution is 2.33. The lowest BCUT2D eigenvalue weighted by atomic mass is 9.88. The maximum Gasteiger partial charge on any atom is 0.317 e. The molecule has 2 aromatic carbocycles. The standard InChI is InChI=1S/C26H34FN3O3/c1-3-4-16-29-26(32)30-18-21(11-14-23(30)19-9-12-22(27)13-10-19)25(31)28-17-15-20-7-5-6-8-24(20)33-2/h5-10,12-13,21,23H,3-4,11,14-18H2,1-2H3,(H,28,31)(H,29,32)/t21-,23+/m1/s1. The second kappa shape index (κ2) is 12.2. The number of methoxy groups -OCH3 is 1. The first-order chi connectivity index (χ1) is 16.0. The minimum absolute atomic E-state index is 0.0474. The highest BCUT2D eigenvalue weighted by atomic mass is 19.1. The molecule has 6 nitrogen and oxygen atoms in total. The summed E-state index contributed by atoms with van der Waals surface area (Å²) in [6, 6.07) is 13.7. The number of nitrogens with one attached hydrogen (secondary N) is 2. The number of rotatable bonds is 9. The number of piperidine rings is 1. The maximum atomic E-state index is 13.4. The molecule has 0 aliphatic carbocycles. The predicted molar refractivity (Wildman–Crippen MR) is 127 cm³/mol. The number of likely N-dealkylation sites (tertiary alicyclic amines) is 1. The molecular formula is C26H34FN3O3. The van der Waals surface area contributed by atoms with Gasteiger partial charge in [0.1, 0.15) is 11.6 Å². The average molecular weight is 456 g/mol. The van der Waals surface area contributed by atoms with Gasteiger partial charge in [-0.05, 0) is 55.0 Å². The first-order valence-corrected chi connectivity index (χ1v) is 11.7. The van der Waals surface area contributed by atoms with Crippen LogP contribution in [-0.2, 0) is 11.2 Å². The Kier molecular flexibility index (Phi) is 9.10. The van der Waals surface area contributed by atoms with Crippen molar-refractivity contribution in [3.8, 4) is 5.75 Å². The van der Waals surface area contributed by atoms with Crippen LogP contribution < -0.4 is 15.4 Å². The molecule has 0 bridgehead atoms. The van der Waals surface area contributed by atoms with Crippen LogP contribution in [-0.4, -0.2) is 43.6 Å². The molecule has 178 valence electrons. The second-order valence-corrected chi connectivity index (χ2v) is 8.43. The van der Waals surface area contributed by atoms with Crippen LogP contribution in [0.3, 0.4) is 0 Å². The number of carbonyl (C=O) groups is 2. The van der Waals surface area contributed by atoms with Crippen LogP contribution in [0.15, 0.2) is 48.5 Å². The Morgan fingerprint density at radius 3 is 2.55 bits per heavy atom. The molecule has 1 aliphatic rings. The van der Waals surface area contributed by atoms with Crippen LogP contribution in [0.5, 0.6) is 5.75 Å². The lowest BCUT2D eigenvalue weighted by Crippen LogP contribution is -2.50. The fraction of sp³-hybridized carbons (Fsp3) is 0.462. The number of para-hydroxylation sites is 1. The molecule has 33 heavy (non-hydrogen) atoms. The van der Waals surface area contributed by atoms with Crippen molar-refractivity contribution in [2.45, 2.75) is 45.1 Å². The number of unbranched alkanes of at least 4 members (excludes halogenated alkanes) is 1. The number of urea groups is 1. The maximum absolute atomic E-state index is 13.4. The van der Waals surface area contributed by atoms with Crippen LogP contribution in [0, 0.1) is 11.7 Å². The molecule has 0 unspecified atom stereocenters. The van der Waals surface area contributed by atoms with E-state index in [0.29, 0.717) is 38.9 Å². The van der Waals surface area contributed by atoms with Crippen LogP contribution >= 0.6 is 0 Å². The van der Waals surface area contributed by atoms with Gasteiger partial charge in [-0.25, -0.2) is 9.18 Å². The molecule has 2 aromatic rings. The first-order valence-electron chi connectivity index (χ1n) is 11.7. The van der Waals surface area contributed by atoms with Gasteiger partial charge in [0, 0.05) is 19.6 Å². The fourth-order valence-electron chi connectivity index (χ4n) is 4.29. The second-order valence-electron chi connectivity index (χ2n) is 8.43. The van der Waals surface area contributed by atoms with Crippen LogP contribution in [0.25, 0.3) is 0 Å². The molecule has 1 aliphatic heterocycles. The lowest BCUT2D eigenvalue weighted by molar-refractivity contribution is -0.126. The summed E-state index contributed by atoms with van der Waals surface area (Å²) in [5.41, 5.74) is 1.93. The Bertz CT molecular complexity index is 919. The SMILES string of the molecule is CCCCNC(=O)N1C[C@H](C(=O)NCCc2ccccc2OC)CC[C@H]1c1ccc(F)cc1. The van der Waals surface area contributed by atoms with E-state index in [1.54, 1.807) is 24.1 Å². The molecule has 1 heterocycles. The molecule has 2 N–H and O–H groups in total. The van der Waals surface area contributed by atoms with Gasteiger partial charge in [0.15, 0.2) is 0 Å². The monoisotopic (exact) mass is 455 g/mol. The first kappa shape index (κ1) is 24.6. The summed E-state index contributed by atoms with van der Waals surface area (Å²) in [6.45, 7) is 3.50. The normalized spacial score (nSPS) is 18.0. The van der Waals surface area contributed by atoms with E-state index in [4.69, 9.17) is 4.74 Å². The summed E-state index contributed by atoms with van der Waals surface area (Å²) in [6.07, 6.45) is 3.87. The van der Waals surface area contributed by atoms with Crippen molar-refractivity contribution in [1.29, 1.82) is 0 Å². The number of amides is 3. The Morgan fingerprint density at radius 2 is 1.82 bits per heavy atom. The van der Waals surface area contributed by atoms with Crippen molar-refractivity contribution >= 4 is 11.9 Å². The summed E-state index contributed by atoms with van der Waals surface area (Å²) < 4.78 is 18.8. The van der Waals surface area contributed by atoms with Gasteiger partial charge < -0.3 is 20.3 Å². The van der Waals surface area contributed by atoms with Crippen LogP contribution in [0.2, 0.25) is 0 Å². The highest BCUT2D eigenvalue weighted by molar-refractivity contribution is 5.81. The van der Waals surface area contributed by atoms with Crippen molar-refractivity contribution in [1.82, 2.24) is 15.5 Å². The predicted octanol–water partition coefficient (Wildman–Crippen LogP) is 4.46. The van der Waals surface area contributed by atoms with Gasteiger partial charge in [-0.2, -0.15) is 0 Å². The number of nitrogens with zero attached hydrogens (tertiary/aromatic N) is 1. The van der Waals surface area contributed by atoms with Crippen molar-refractivity contribution < 1.29 is 18.7 Å². The van der Waals surface area contributed by atoms with Crippen molar-refractivity contribution in [3.05, 3.63) is 65.5 Å². The quantitative estimate of drug-likeness (QED) is 0.549. The zero-order chi connectivity index (χ0) is 23.6. The third kappa shape index (κ3) is 6.70. The number of halogens is 1. The Hall–Kier alpha value is -3.09. The fourth-order valence-corrected chi connectivity index (χ4v) is 4.29. The molecule has 3 rings (SSSR count). The Balaban J connectivity index is 1.63. The number of carbonyl (C=O) groups excluding carboxylic acids is 2. The molecule has 0 saturated carbocycles. The van der Waals surface area contributed by atoms with Gasteiger partial charge in [-0.3, -0.25) is 4.79 Å². The number of hydrogen-bond donors (Lipinski definition) is 2. The Labute approximate surface area is 195 Å². The summed E-state index contributed by atoms with van der Waals surface area (Å²) >= 11 is 0. The summed E-state index contributed by atoms with van der Waals surface area (Å²) in [5, 5.41) is 5.99. The van der Waals surface area contributed by atoms with Crippen molar-refractivity contribution in [2.24, 2.45) is 5.92 Å². The zero-order valence-corrected chi connectivity index (χ0v) is 19.5. The minimum Gasteiger partial charge on any atom is -0.496 e. The van der Waals surface area contributed by atoms with E-state index >= 15 is 0 Å². The van der Waals surface area contributed by atoms with E-state index in [2.05, 4.69) is 17.6 Å². The largest absolute Gasteiger partial charge is 0.496 e. The van der Waals surface area contributed by atoms with Gasteiger partial charge in [-0.1, -0.05) is 43.7 Å². The van der Waals surface area contributed by atoms with Gasteiger partial charge in [0.2, 0.25) is 5.91 Å². The van der Waals surface area contributed by atoms with Crippen molar-refractivity contribution in [3.63, 3.8) is 0 Å². The third-order valence-corrected chi connectivity index (χ3v) is 6.16. The topological polar surface area (TPSA) is 70.7 Å². The number of ether oxygens (including phenoxy) is 1. The van der Waals surface area contributed by atoms with Crippen LogP contribution in [0.4, 0.5) is 9.18 Å². The van der Waals surface area contributed by atoms with E-state index in [-0.39, 0.29) is 29.7 Å². The lowest BCUT2D eigenvalue weighted by Gasteiger charge is -2.39. The zero-order valence-electron chi connectivity index (χ0n) is 19.5. The number of benzene rings is 2.